The summed E-state index contributed by atoms with van der Waals surface area (Å²) < 4.78 is 0. The highest BCUT2D eigenvalue weighted by Crippen LogP contribution is 1.80. The highest BCUT2D eigenvalue weighted by atomic mass is 16.1. The van der Waals surface area contributed by atoms with Gasteiger partial charge in [0.05, 0.1) is 5.69 Å². The molecule has 0 unspecified atom stereocenters. The zero-order chi connectivity index (χ0) is 8.97. The first-order valence-electron chi connectivity index (χ1n) is 4.12. The van der Waals surface area contributed by atoms with Gasteiger partial charge in [-0.3, -0.25) is 4.79 Å². The molecule has 1 N–H and O–H groups in total. The number of aldehydes is 1. The van der Waals surface area contributed by atoms with Gasteiger partial charge < -0.3 is 4.98 Å². The number of hydrogen-bond acceptors (Lipinski definition) is 1. The van der Waals surface area contributed by atoms with Crippen LogP contribution in [0, 0.1) is 0 Å². The zero-order valence-electron chi connectivity index (χ0n) is 7.42. The van der Waals surface area contributed by atoms with Crippen molar-refractivity contribution in [1.29, 1.82) is 0 Å². The number of aromatic amines is 1. The molecule has 12 heavy (non-hydrogen) atoms. The average molecular weight is 163 g/mol. The molecule has 0 saturated heterocycles. The third kappa shape index (κ3) is 1.64. The van der Waals surface area contributed by atoms with Gasteiger partial charge in [-0.15, -0.1) is 0 Å². The molecule has 2 heteroatoms. The van der Waals surface area contributed by atoms with Gasteiger partial charge in [0.2, 0.25) is 0 Å². The van der Waals surface area contributed by atoms with Crippen molar-refractivity contribution in [2.24, 2.45) is 0 Å². The molecule has 0 saturated carbocycles. The molecule has 0 aromatic carbocycles. The van der Waals surface area contributed by atoms with Crippen LogP contribution >= 0.6 is 0 Å². The molecule has 0 aliphatic carbocycles. The van der Waals surface area contributed by atoms with Crippen LogP contribution in [-0.2, 0) is 0 Å². The number of carbonyl (C=O) groups excluding carboxylic acids is 1. The molecule has 1 aromatic rings. The topological polar surface area (TPSA) is 32.9 Å². The van der Waals surface area contributed by atoms with Crippen LogP contribution < -0.4 is 10.6 Å². The Bertz CT molecular complexity index is 373. The summed E-state index contributed by atoms with van der Waals surface area (Å²) in [5.74, 6) is 0. The Balaban J connectivity index is 3.37. The Hall–Kier alpha value is -1.31. The third-order valence-electron chi connectivity index (χ3n) is 1.75. The Morgan fingerprint density at radius 3 is 2.83 bits per heavy atom. The third-order valence-corrected chi connectivity index (χ3v) is 1.75. The van der Waals surface area contributed by atoms with E-state index in [2.05, 4.69) is 18.0 Å². The fraction of sp³-hybridized carbons (Fsp3) is 0.300. The molecule has 1 rings (SSSR count). The van der Waals surface area contributed by atoms with Crippen molar-refractivity contribution in [2.45, 2.75) is 20.3 Å². The van der Waals surface area contributed by atoms with E-state index in [1.807, 2.05) is 19.1 Å². The standard InChI is InChI=1S/C10H13NO/c1-3-5-10-8(4-2)6-9(7-12)11-10/h4-7,11H,3H2,1-2H3/b8-4-,10-5+. The van der Waals surface area contributed by atoms with Crippen LogP contribution in [0.15, 0.2) is 6.07 Å². The summed E-state index contributed by atoms with van der Waals surface area (Å²) in [6.45, 7) is 4.03. The minimum absolute atomic E-state index is 0.641. The molecule has 0 spiro atoms. The number of hydrogen-bond donors (Lipinski definition) is 1. The molecule has 64 valence electrons. The molecule has 0 aliphatic heterocycles. The van der Waals surface area contributed by atoms with E-state index in [1.54, 1.807) is 0 Å². The fourth-order valence-corrected chi connectivity index (χ4v) is 1.18. The second-order valence-electron chi connectivity index (χ2n) is 2.61. The first-order chi connectivity index (χ1) is 5.81. The molecule has 0 fully saturated rings. The van der Waals surface area contributed by atoms with Crippen LogP contribution in [0.25, 0.3) is 12.2 Å². The van der Waals surface area contributed by atoms with Crippen LogP contribution in [0.1, 0.15) is 30.8 Å². The van der Waals surface area contributed by atoms with E-state index in [4.69, 9.17) is 0 Å². The van der Waals surface area contributed by atoms with Crippen molar-refractivity contribution in [3.05, 3.63) is 22.3 Å². The van der Waals surface area contributed by atoms with Gasteiger partial charge in [-0.2, -0.15) is 0 Å². The second-order valence-corrected chi connectivity index (χ2v) is 2.61. The number of carbonyl (C=O) groups is 1. The Labute approximate surface area is 71.6 Å². The summed E-state index contributed by atoms with van der Waals surface area (Å²) in [7, 11) is 0. The van der Waals surface area contributed by atoms with Gasteiger partial charge in [0.25, 0.3) is 0 Å². The minimum Gasteiger partial charge on any atom is -0.353 e. The summed E-state index contributed by atoms with van der Waals surface area (Å²) in [5, 5.41) is 2.14. The van der Waals surface area contributed by atoms with Crippen molar-refractivity contribution in [3.63, 3.8) is 0 Å². The Morgan fingerprint density at radius 2 is 2.33 bits per heavy atom. The predicted octanol–water partition coefficient (Wildman–Crippen LogP) is 0.818. The van der Waals surface area contributed by atoms with Gasteiger partial charge in [0.15, 0.2) is 6.29 Å². The van der Waals surface area contributed by atoms with Gasteiger partial charge >= 0.3 is 0 Å². The van der Waals surface area contributed by atoms with Crippen molar-refractivity contribution in [1.82, 2.24) is 4.98 Å². The quantitative estimate of drug-likeness (QED) is 0.643. The molecule has 0 aliphatic rings. The lowest BCUT2D eigenvalue weighted by Gasteiger charge is -1.78. The summed E-state index contributed by atoms with van der Waals surface area (Å²) in [6, 6.07) is 1.86. The molecule has 0 radical (unpaired) electrons. The van der Waals surface area contributed by atoms with Gasteiger partial charge in [-0.25, -0.2) is 0 Å². The van der Waals surface area contributed by atoms with E-state index in [9.17, 15) is 4.79 Å². The molecule has 1 aromatic heterocycles. The number of nitrogens with one attached hydrogen (secondary N) is 1. The van der Waals surface area contributed by atoms with Crippen LogP contribution in [0.3, 0.4) is 0 Å². The molecular weight excluding hydrogens is 150 g/mol. The van der Waals surface area contributed by atoms with Crippen molar-refractivity contribution in [2.75, 3.05) is 0 Å². The van der Waals surface area contributed by atoms with Crippen molar-refractivity contribution >= 4 is 18.4 Å². The van der Waals surface area contributed by atoms with Crippen LogP contribution in [0.5, 0.6) is 0 Å². The minimum atomic E-state index is 0.641. The van der Waals surface area contributed by atoms with E-state index < -0.39 is 0 Å². The normalized spacial score (nSPS) is 13.8. The van der Waals surface area contributed by atoms with E-state index >= 15 is 0 Å². The fourth-order valence-electron chi connectivity index (χ4n) is 1.18. The maximum Gasteiger partial charge on any atom is 0.166 e. The molecule has 1 heterocycles. The largest absolute Gasteiger partial charge is 0.353 e. The molecule has 0 atom stereocenters. The van der Waals surface area contributed by atoms with Crippen molar-refractivity contribution in [3.8, 4) is 0 Å². The predicted molar refractivity (Wildman–Crippen MR) is 50.3 cm³/mol. The molecule has 2 nitrogen and oxygen atoms in total. The molecule has 0 amide bonds. The molecular formula is C10H13NO. The maximum atomic E-state index is 10.4. The average Bonchev–Trinajstić information content (AvgIpc) is 2.48. The summed E-state index contributed by atoms with van der Waals surface area (Å²) in [5.41, 5.74) is 0.641. The Kier molecular flexibility index (Phi) is 2.86. The monoisotopic (exact) mass is 163 g/mol. The number of rotatable bonds is 2. The van der Waals surface area contributed by atoms with Crippen LogP contribution in [0.4, 0.5) is 0 Å². The van der Waals surface area contributed by atoms with Crippen LogP contribution in [0.2, 0.25) is 0 Å². The van der Waals surface area contributed by atoms with Gasteiger partial charge in [-0.1, -0.05) is 19.1 Å². The lowest BCUT2D eigenvalue weighted by molar-refractivity contribution is 0.111. The van der Waals surface area contributed by atoms with Crippen molar-refractivity contribution < 1.29 is 4.79 Å². The SMILES string of the molecule is C/C=c1/cc(C=O)[nH]/c1=C/CC. The highest BCUT2D eigenvalue weighted by Gasteiger charge is 1.91. The first kappa shape index (κ1) is 8.78. The van der Waals surface area contributed by atoms with Gasteiger partial charge in [-0.05, 0) is 24.6 Å². The van der Waals surface area contributed by atoms with E-state index in [0.717, 1.165) is 23.3 Å². The first-order valence-corrected chi connectivity index (χ1v) is 4.12. The highest BCUT2D eigenvalue weighted by molar-refractivity contribution is 5.72. The zero-order valence-corrected chi connectivity index (χ0v) is 7.42. The van der Waals surface area contributed by atoms with E-state index in [0.29, 0.717) is 5.69 Å². The summed E-state index contributed by atoms with van der Waals surface area (Å²) in [6.07, 6.45) is 5.87. The van der Waals surface area contributed by atoms with Gasteiger partial charge in [0, 0.05) is 5.35 Å². The summed E-state index contributed by atoms with van der Waals surface area (Å²) in [4.78, 5) is 13.5. The number of H-pyrrole nitrogens is 1. The maximum absolute atomic E-state index is 10.4. The van der Waals surface area contributed by atoms with E-state index in [1.165, 1.54) is 0 Å². The lowest BCUT2D eigenvalue weighted by atomic mass is 10.3. The molecule has 0 bridgehead atoms. The smallest absolute Gasteiger partial charge is 0.166 e. The number of aromatic nitrogens is 1. The van der Waals surface area contributed by atoms with Crippen LogP contribution in [-0.4, -0.2) is 11.3 Å². The van der Waals surface area contributed by atoms with E-state index in [-0.39, 0.29) is 0 Å². The second kappa shape index (κ2) is 3.90. The lowest BCUT2D eigenvalue weighted by Crippen LogP contribution is -2.21. The van der Waals surface area contributed by atoms with Gasteiger partial charge in [0.1, 0.15) is 0 Å². The Morgan fingerprint density at radius 1 is 1.58 bits per heavy atom. The summed E-state index contributed by atoms with van der Waals surface area (Å²) >= 11 is 0.